The molecule has 0 aliphatic rings. The highest BCUT2D eigenvalue weighted by Crippen LogP contribution is 2.17. The van der Waals surface area contributed by atoms with Gasteiger partial charge < -0.3 is 15.2 Å². The molecule has 2 rings (SSSR count). The highest BCUT2D eigenvalue weighted by molar-refractivity contribution is 6.02. The highest BCUT2D eigenvalue weighted by atomic mass is 16.5. The molecule has 0 saturated carbocycles. The lowest BCUT2D eigenvalue weighted by molar-refractivity contribution is 0.102. The van der Waals surface area contributed by atoms with Gasteiger partial charge in [0.15, 0.2) is 0 Å². The van der Waals surface area contributed by atoms with Crippen molar-refractivity contribution in [2.75, 3.05) is 19.0 Å². The van der Waals surface area contributed by atoms with Crippen LogP contribution in [-0.4, -0.2) is 29.7 Å². The zero-order valence-corrected chi connectivity index (χ0v) is 11.5. The second kappa shape index (κ2) is 7.08. The van der Waals surface area contributed by atoms with E-state index in [2.05, 4.69) is 22.1 Å². The van der Waals surface area contributed by atoms with E-state index in [4.69, 9.17) is 9.84 Å². The fourth-order valence-electron chi connectivity index (χ4n) is 1.64. The largest absolute Gasteiger partial charge is 0.497 e. The summed E-state index contributed by atoms with van der Waals surface area (Å²) < 4.78 is 5.09. The third kappa shape index (κ3) is 4.06. The van der Waals surface area contributed by atoms with E-state index in [0.717, 1.165) is 0 Å². The van der Waals surface area contributed by atoms with Gasteiger partial charge in [-0.3, -0.25) is 4.79 Å². The molecule has 1 aromatic carbocycles. The molecule has 0 radical (unpaired) electrons. The number of aromatic nitrogens is 1. The van der Waals surface area contributed by atoms with Crippen LogP contribution in [0, 0.1) is 11.8 Å². The number of aliphatic hydroxyl groups is 1. The standard InChI is InChI=1S/C16H14N2O3/c1-21-14-6-2-5-13(10-14)18-16(20)15-8-7-12(11-17-15)4-3-9-19/h2,5-8,10-11,19H,9H2,1H3,(H,18,20). The average molecular weight is 282 g/mol. The Balaban J connectivity index is 2.09. The number of methoxy groups -OCH3 is 1. The fraction of sp³-hybridized carbons (Fsp3) is 0.125. The van der Waals surface area contributed by atoms with Crippen LogP contribution < -0.4 is 10.1 Å². The maximum Gasteiger partial charge on any atom is 0.274 e. The summed E-state index contributed by atoms with van der Waals surface area (Å²) in [7, 11) is 1.56. The van der Waals surface area contributed by atoms with Crippen molar-refractivity contribution in [1.29, 1.82) is 0 Å². The van der Waals surface area contributed by atoms with Crippen LogP contribution in [-0.2, 0) is 0 Å². The molecular formula is C16H14N2O3. The first-order valence-electron chi connectivity index (χ1n) is 6.24. The van der Waals surface area contributed by atoms with Crippen LogP contribution in [0.3, 0.4) is 0 Å². The summed E-state index contributed by atoms with van der Waals surface area (Å²) in [5, 5.41) is 11.3. The van der Waals surface area contributed by atoms with E-state index in [1.807, 2.05) is 0 Å². The number of carbonyl (C=O) groups excluding carboxylic acids is 1. The van der Waals surface area contributed by atoms with Gasteiger partial charge in [0.25, 0.3) is 5.91 Å². The quantitative estimate of drug-likeness (QED) is 0.840. The van der Waals surface area contributed by atoms with Crippen molar-refractivity contribution in [2.24, 2.45) is 0 Å². The molecule has 21 heavy (non-hydrogen) atoms. The predicted molar refractivity (Wildman–Crippen MR) is 79.1 cm³/mol. The molecular weight excluding hydrogens is 268 g/mol. The van der Waals surface area contributed by atoms with Gasteiger partial charge in [0.05, 0.1) is 7.11 Å². The number of benzene rings is 1. The lowest BCUT2D eigenvalue weighted by Gasteiger charge is -2.06. The van der Waals surface area contributed by atoms with Gasteiger partial charge in [0, 0.05) is 23.5 Å². The summed E-state index contributed by atoms with van der Waals surface area (Å²) in [5.41, 5.74) is 1.56. The molecule has 2 aromatic rings. The van der Waals surface area contributed by atoms with Crippen molar-refractivity contribution in [3.8, 4) is 17.6 Å². The number of nitrogens with one attached hydrogen (secondary N) is 1. The first-order chi connectivity index (χ1) is 10.2. The van der Waals surface area contributed by atoms with E-state index in [-0.39, 0.29) is 18.2 Å². The van der Waals surface area contributed by atoms with Gasteiger partial charge in [-0.25, -0.2) is 4.98 Å². The lowest BCUT2D eigenvalue weighted by atomic mass is 10.2. The maximum absolute atomic E-state index is 12.0. The van der Waals surface area contributed by atoms with Gasteiger partial charge in [-0.15, -0.1) is 0 Å². The minimum atomic E-state index is -0.315. The molecule has 0 spiro atoms. The summed E-state index contributed by atoms with van der Waals surface area (Å²) in [5.74, 6) is 5.58. The molecule has 0 atom stereocenters. The van der Waals surface area contributed by atoms with E-state index < -0.39 is 0 Å². The monoisotopic (exact) mass is 282 g/mol. The summed E-state index contributed by atoms with van der Waals surface area (Å²) in [6.45, 7) is -0.210. The number of ether oxygens (including phenoxy) is 1. The molecule has 0 saturated heterocycles. The van der Waals surface area contributed by atoms with Gasteiger partial charge in [-0.05, 0) is 24.3 Å². The number of pyridine rings is 1. The molecule has 0 fully saturated rings. The SMILES string of the molecule is COc1cccc(NC(=O)c2ccc(C#CCO)cn2)c1. The van der Waals surface area contributed by atoms with Gasteiger partial charge in [-0.1, -0.05) is 17.9 Å². The van der Waals surface area contributed by atoms with E-state index in [9.17, 15) is 4.79 Å². The third-order valence-corrected chi connectivity index (χ3v) is 2.64. The summed E-state index contributed by atoms with van der Waals surface area (Å²) in [6, 6.07) is 10.3. The first-order valence-corrected chi connectivity index (χ1v) is 6.24. The van der Waals surface area contributed by atoms with Gasteiger partial charge in [0.1, 0.15) is 18.1 Å². The summed E-state index contributed by atoms with van der Waals surface area (Å²) in [4.78, 5) is 16.1. The topological polar surface area (TPSA) is 71.5 Å². The molecule has 5 heteroatoms. The van der Waals surface area contributed by atoms with Crippen molar-refractivity contribution in [3.63, 3.8) is 0 Å². The van der Waals surface area contributed by atoms with Crippen LogP contribution in [0.4, 0.5) is 5.69 Å². The van der Waals surface area contributed by atoms with Crippen molar-refractivity contribution in [1.82, 2.24) is 4.98 Å². The summed E-state index contributed by atoms with van der Waals surface area (Å²) >= 11 is 0. The number of anilines is 1. The van der Waals surface area contributed by atoms with E-state index in [1.165, 1.54) is 6.20 Å². The Kier molecular flexibility index (Phi) is 4.91. The van der Waals surface area contributed by atoms with Crippen LogP contribution in [0.5, 0.6) is 5.75 Å². The van der Waals surface area contributed by atoms with Gasteiger partial charge >= 0.3 is 0 Å². The Bertz CT molecular complexity index is 685. The molecule has 0 aliphatic carbocycles. The Labute approximate surface area is 122 Å². The van der Waals surface area contributed by atoms with E-state index in [0.29, 0.717) is 17.0 Å². The van der Waals surface area contributed by atoms with E-state index in [1.54, 1.807) is 43.5 Å². The second-order valence-corrected chi connectivity index (χ2v) is 4.08. The number of nitrogens with zero attached hydrogens (tertiary/aromatic N) is 1. The Morgan fingerprint density at radius 2 is 2.24 bits per heavy atom. The fourth-order valence-corrected chi connectivity index (χ4v) is 1.64. The number of hydrogen-bond acceptors (Lipinski definition) is 4. The van der Waals surface area contributed by atoms with Crippen LogP contribution in [0.1, 0.15) is 16.1 Å². The molecule has 0 aliphatic heterocycles. The zero-order chi connectivity index (χ0) is 15.1. The number of aliphatic hydroxyl groups excluding tert-OH is 1. The first kappa shape index (κ1) is 14.6. The van der Waals surface area contributed by atoms with Crippen molar-refractivity contribution < 1.29 is 14.6 Å². The zero-order valence-electron chi connectivity index (χ0n) is 11.5. The summed E-state index contributed by atoms with van der Waals surface area (Å²) in [6.07, 6.45) is 1.49. The van der Waals surface area contributed by atoms with Crippen molar-refractivity contribution in [3.05, 3.63) is 53.9 Å². The minimum absolute atomic E-state index is 0.210. The van der Waals surface area contributed by atoms with Crippen molar-refractivity contribution in [2.45, 2.75) is 0 Å². The van der Waals surface area contributed by atoms with Crippen LogP contribution in [0.25, 0.3) is 0 Å². The van der Waals surface area contributed by atoms with E-state index >= 15 is 0 Å². The number of rotatable bonds is 3. The Morgan fingerprint density at radius 3 is 2.90 bits per heavy atom. The maximum atomic E-state index is 12.0. The Hall–Kier alpha value is -2.84. The molecule has 2 N–H and O–H groups in total. The van der Waals surface area contributed by atoms with Crippen LogP contribution in [0.15, 0.2) is 42.6 Å². The molecule has 1 aromatic heterocycles. The number of amides is 1. The Morgan fingerprint density at radius 1 is 1.38 bits per heavy atom. The molecule has 1 heterocycles. The minimum Gasteiger partial charge on any atom is -0.497 e. The third-order valence-electron chi connectivity index (χ3n) is 2.64. The molecule has 1 amide bonds. The molecule has 5 nitrogen and oxygen atoms in total. The number of hydrogen-bond donors (Lipinski definition) is 2. The average Bonchev–Trinajstić information content (AvgIpc) is 2.53. The van der Waals surface area contributed by atoms with Gasteiger partial charge in [-0.2, -0.15) is 0 Å². The number of carbonyl (C=O) groups is 1. The molecule has 0 unspecified atom stereocenters. The molecule has 106 valence electrons. The van der Waals surface area contributed by atoms with Gasteiger partial charge in [0.2, 0.25) is 0 Å². The highest BCUT2D eigenvalue weighted by Gasteiger charge is 2.07. The predicted octanol–water partition coefficient (Wildman–Crippen LogP) is 1.69. The van der Waals surface area contributed by atoms with Crippen LogP contribution in [0.2, 0.25) is 0 Å². The van der Waals surface area contributed by atoms with Crippen molar-refractivity contribution >= 4 is 11.6 Å². The smallest absolute Gasteiger partial charge is 0.274 e. The van der Waals surface area contributed by atoms with Crippen LogP contribution >= 0.6 is 0 Å². The second-order valence-electron chi connectivity index (χ2n) is 4.08. The normalized spacial score (nSPS) is 9.43. The molecule has 0 bridgehead atoms. The lowest BCUT2D eigenvalue weighted by Crippen LogP contribution is -2.13.